The molecule has 3 heteroatoms. The van der Waals surface area contributed by atoms with Crippen molar-refractivity contribution in [1.29, 1.82) is 0 Å². The van der Waals surface area contributed by atoms with Crippen LogP contribution in [0.4, 0.5) is 0 Å². The summed E-state index contributed by atoms with van der Waals surface area (Å²) >= 11 is 0. The van der Waals surface area contributed by atoms with Crippen LogP contribution in [0.25, 0.3) is 0 Å². The zero-order valence-corrected chi connectivity index (χ0v) is 12.1. The molecule has 1 rings (SSSR count). The molecule has 0 fully saturated rings. The lowest BCUT2D eigenvalue weighted by Gasteiger charge is -2.16. The maximum Gasteiger partial charge on any atom is 0.354 e. The Kier molecular flexibility index (Phi) is 7.16. The van der Waals surface area contributed by atoms with Crippen LogP contribution >= 0.6 is 0 Å². The van der Waals surface area contributed by atoms with E-state index in [1.807, 2.05) is 12.1 Å². The van der Waals surface area contributed by atoms with Gasteiger partial charge in [0.2, 0.25) is 0 Å². The first-order valence-corrected chi connectivity index (χ1v) is 7.38. The number of carbonyl (C=O) groups is 1. The van der Waals surface area contributed by atoms with Crippen molar-refractivity contribution in [3.05, 3.63) is 29.6 Å². The summed E-state index contributed by atoms with van der Waals surface area (Å²) in [4.78, 5) is 15.2. The number of carboxylic acid groups (broad SMARTS) is 1. The molecular weight excluding hydrogens is 238 g/mol. The van der Waals surface area contributed by atoms with Crippen LogP contribution in [0.15, 0.2) is 18.3 Å². The van der Waals surface area contributed by atoms with Crippen LogP contribution in [0.2, 0.25) is 0 Å². The normalized spacial score (nSPS) is 12.3. The Bertz CT molecular complexity index is 390. The molecule has 106 valence electrons. The number of unbranched alkanes of at least 4 members (excludes halogenated alkanes) is 4. The van der Waals surface area contributed by atoms with Gasteiger partial charge >= 0.3 is 5.97 Å². The van der Waals surface area contributed by atoms with Crippen LogP contribution in [0.5, 0.6) is 0 Å². The van der Waals surface area contributed by atoms with E-state index in [1.165, 1.54) is 32.1 Å². The average Bonchev–Trinajstić information content (AvgIpc) is 2.43. The van der Waals surface area contributed by atoms with E-state index in [0.29, 0.717) is 5.92 Å². The molecule has 0 radical (unpaired) electrons. The molecule has 0 amide bonds. The molecule has 0 aliphatic rings. The maximum atomic E-state index is 11.2. The SMILES string of the molecule is CCCCCCCC(CC)c1cccnc1C(=O)O. The third-order valence-electron chi connectivity index (χ3n) is 3.63. The Balaban J connectivity index is 2.61. The van der Waals surface area contributed by atoms with Crippen LogP contribution in [-0.4, -0.2) is 16.1 Å². The smallest absolute Gasteiger partial charge is 0.354 e. The number of carboxylic acids is 1. The van der Waals surface area contributed by atoms with Gasteiger partial charge in [-0.15, -0.1) is 0 Å². The van der Waals surface area contributed by atoms with Gasteiger partial charge in [0.1, 0.15) is 0 Å². The topological polar surface area (TPSA) is 50.2 Å². The van der Waals surface area contributed by atoms with Crippen molar-refractivity contribution in [2.24, 2.45) is 0 Å². The number of pyridine rings is 1. The van der Waals surface area contributed by atoms with Gasteiger partial charge in [-0.2, -0.15) is 0 Å². The largest absolute Gasteiger partial charge is 0.477 e. The minimum Gasteiger partial charge on any atom is -0.477 e. The van der Waals surface area contributed by atoms with Gasteiger partial charge in [0, 0.05) is 6.20 Å². The van der Waals surface area contributed by atoms with Crippen LogP contribution in [0.3, 0.4) is 0 Å². The third-order valence-corrected chi connectivity index (χ3v) is 3.63. The Morgan fingerprint density at radius 2 is 2.00 bits per heavy atom. The summed E-state index contributed by atoms with van der Waals surface area (Å²) in [6.45, 7) is 4.33. The number of nitrogens with zero attached hydrogens (tertiary/aromatic N) is 1. The summed E-state index contributed by atoms with van der Waals surface area (Å²) < 4.78 is 0. The minimum absolute atomic E-state index is 0.225. The molecule has 0 spiro atoms. The second-order valence-corrected chi connectivity index (χ2v) is 5.05. The minimum atomic E-state index is -0.917. The van der Waals surface area contributed by atoms with E-state index >= 15 is 0 Å². The fourth-order valence-electron chi connectivity index (χ4n) is 2.50. The van der Waals surface area contributed by atoms with Crippen molar-refractivity contribution in [2.75, 3.05) is 0 Å². The van der Waals surface area contributed by atoms with Crippen molar-refractivity contribution in [1.82, 2.24) is 4.98 Å². The molecule has 0 aliphatic carbocycles. The monoisotopic (exact) mass is 263 g/mol. The van der Waals surface area contributed by atoms with Crippen molar-refractivity contribution < 1.29 is 9.90 Å². The highest BCUT2D eigenvalue weighted by atomic mass is 16.4. The molecule has 1 unspecified atom stereocenters. The summed E-state index contributed by atoms with van der Waals surface area (Å²) in [5.41, 5.74) is 1.12. The lowest BCUT2D eigenvalue weighted by Crippen LogP contribution is -2.09. The Hall–Kier alpha value is -1.38. The lowest BCUT2D eigenvalue weighted by atomic mass is 9.89. The molecular formula is C16H25NO2. The summed E-state index contributed by atoms with van der Waals surface area (Å²) in [6.07, 6.45) is 9.84. The molecule has 0 aliphatic heterocycles. The fourth-order valence-corrected chi connectivity index (χ4v) is 2.50. The molecule has 0 aromatic carbocycles. The average molecular weight is 263 g/mol. The molecule has 0 bridgehead atoms. The number of rotatable bonds is 9. The highest BCUT2D eigenvalue weighted by molar-refractivity contribution is 5.87. The molecule has 1 heterocycles. The van der Waals surface area contributed by atoms with E-state index < -0.39 is 5.97 Å². The van der Waals surface area contributed by atoms with Gasteiger partial charge in [-0.25, -0.2) is 9.78 Å². The first-order chi connectivity index (χ1) is 9.20. The summed E-state index contributed by atoms with van der Waals surface area (Å²) in [7, 11) is 0. The molecule has 1 aromatic heterocycles. The molecule has 19 heavy (non-hydrogen) atoms. The highest BCUT2D eigenvalue weighted by Gasteiger charge is 2.18. The van der Waals surface area contributed by atoms with Crippen LogP contribution in [0.1, 0.15) is 80.8 Å². The summed E-state index contributed by atoms with van der Waals surface area (Å²) in [6, 6.07) is 3.75. The van der Waals surface area contributed by atoms with E-state index in [2.05, 4.69) is 18.8 Å². The number of aromatic carboxylic acids is 1. The molecule has 1 aromatic rings. The Labute approximate surface area is 116 Å². The molecule has 0 saturated carbocycles. The van der Waals surface area contributed by atoms with Crippen molar-refractivity contribution in [2.45, 2.75) is 64.7 Å². The highest BCUT2D eigenvalue weighted by Crippen LogP contribution is 2.27. The van der Waals surface area contributed by atoms with Crippen LogP contribution in [0, 0.1) is 0 Å². The summed E-state index contributed by atoms with van der Waals surface area (Å²) in [5.74, 6) is -0.596. The van der Waals surface area contributed by atoms with E-state index in [0.717, 1.165) is 18.4 Å². The second-order valence-electron chi connectivity index (χ2n) is 5.05. The number of aromatic nitrogens is 1. The first kappa shape index (κ1) is 15.7. The van der Waals surface area contributed by atoms with Crippen molar-refractivity contribution in [3.8, 4) is 0 Å². The second kappa shape index (κ2) is 8.68. The number of hydrogen-bond acceptors (Lipinski definition) is 2. The van der Waals surface area contributed by atoms with E-state index in [9.17, 15) is 9.90 Å². The fraction of sp³-hybridized carbons (Fsp3) is 0.625. The predicted octanol–water partition coefficient (Wildman–Crippen LogP) is 4.63. The predicted molar refractivity (Wildman–Crippen MR) is 77.6 cm³/mol. The van der Waals surface area contributed by atoms with Gasteiger partial charge in [0.05, 0.1) is 0 Å². The van der Waals surface area contributed by atoms with Gasteiger partial charge in [0.15, 0.2) is 5.69 Å². The van der Waals surface area contributed by atoms with Gasteiger partial charge in [0.25, 0.3) is 0 Å². The third kappa shape index (κ3) is 5.01. The molecule has 1 atom stereocenters. The zero-order valence-electron chi connectivity index (χ0n) is 12.1. The maximum absolute atomic E-state index is 11.2. The number of hydrogen-bond donors (Lipinski definition) is 1. The standard InChI is InChI=1S/C16H25NO2/c1-3-5-6-7-8-10-13(4-2)14-11-9-12-17-15(14)16(18)19/h9,11-13H,3-8,10H2,1-2H3,(H,18,19). The van der Waals surface area contributed by atoms with Crippen LogP contribution in [-0.2, 0) is 0 Å². The van der Waals surface area contributed by atoms with Crippen LogP contribution < -0.4 is 0 Å². The van der Waals surface area contributed by atoms with Gasteiger partial charge < -0.3 is 5.11 Å². The lowest BCUT2D eigenvalue weighted by molar-refractivity contribution is 0.0688. The quantitative estimate of drug-likeness (QED) is 0.661. The van der Waals surface area contributed by atoms with Gasteiger partial charge in [-0.05, 0) is 30.4 Å². The molecule has 0 saturated heterocycles. The van der Waals surface area contributed by atoms with Gasteiger partial charge in [-0.3, -0.25) is 0 Å². The zero-order chi connectivity index (χ0) is 14.1. The van der Waals surface area contributed by atoms with E-state index in [4.69, 9.17) is 0 Å². The summed E-state index contributed by atoms with van der Waals surface area (Å²) in [5, 5.41) is 9.19. The molecule has 3 nitrogen and oxygen atoms in total. The molecule has 1 N–H and O–H groups in total. The van der Waals surface area contributed by atoms with Crippen molar-refractivity contribution in [3.63, 3.8) is 0 Å². The Morgan fingerprint density at radius 1 is 1.26 bits per heavy atom. The van der Waals surface area contributed by atoms with Crippen molar-refractivity contribution >= 4 is 5.97 Å². The van der Waals surface area contributed by atoms with E-state index in [1.54, 1.807) is 6.20 Å². The Morgan fingerprint density at radius 3 is 2.63 bits per heavy atom. The first-order valence-electron chi connectivity index (χ1n) is 7.38. The van der Waals surface area contributed by atoms with Gasteiger partial charge in [-0.1, -0.05) is 52.0 Å². The van der Waals surface area contributed by atoms with E-state index in [-0.39, 0.29) is 5.69 Å².